The van der Waals surface area contributed by atoms with Crippen LogP contribution in [-0.4, -0.2) is 38.0 Å². The van der Waals surface area contributed by atoms with E-state index >= 15 is 0 Å². The zero-order chi connectivity index (χ0) is 19.9. The lowest BCUT2D eigenvalue weighted by molar-refractivity contribution is -0.384. The number of rotatable bonds is 7. The van der Waals surface area contributed by atoms with E-state index in [2.05, 4.69) is 20.7 Å². The third-order valence-electron chi connectivity index (χ3n) is 3.70. The number of nitro groups is 1. The predicted molar refractivity (Wildman–Crippen MR) is 99.6 cm³/mol. The van der Waals surface area contributed by atoms with Gasteiger partial charge in [-0.2, -0.15) is 5.10 Å². The van der Waals surface area contributed by atoms with Crippen molar-refractivity contribution >= 4 is 23.3 Å². The number of benzene rings is 1. The summed E-state index contributed by atoms with van der Waals surface area (Å²) in [5.74, 6) is -0.704. The molecule has 3 aromatic rings. The molecule has 0 atom stereocenters. The SMILES string of the molecule is O=C(CNC(=O)c1cccc([N+](=O)[O-])c1)Nc1ccn(Cc2cccnc2)n1. The van der Waals surface area contributed by atoms with Gasteiger partial charge in [-0.3, -0.25) is 29.4 Å². The number of amides is 2. The van der Waals surface area contributed by atoms with Crippen LogP contribution in [0, 0.1) is 10.1 Å². The van der Waals surface area contributed by atoms with Crippen molar-refractivity contribution in [2.24, 2.45) is 0 Å². The van der Waals surface area contributed by atoms with Gasteiger partial charge in [0.05, 0.1) is 18.0 Å². The third-order valence-corrected chi connectivity index (χ3v) is 3.70. The number of anilines is 1. The first-order valence-electron chi connectivity index (χ1n) is 8.26. The molecule has 0 saturated heterocycles. The van der Waals surface area contributed by atoms with Crippen molar-refractivity contribution in [2.45, 2.75) is 6.54 Å². The van der Waals surface area contributed by atoms with Gasteiger partial charge in [-0.05, 0) is 17.7 Å². The Balaban J connectivity index is 1.51. The summed E-state index contributed by atoms with van der Waals surface area (Å²) >= 11 is 0. The molecule has 10 heteroatoms. The van der Waals surface area contributed by atoms with E-state index in [1.807, 2.05) is 12.1 Å². The molecule has 0 fully saturated rings. The van der Waals surface area contributed by atoms with E-state index in [1.165, 1.54) is 18.2 Å². The van der Waals surface area contributed by atoms with Gasteiger partial charge in [-0.1, -0.05) is 12.1 Å². The number of nitrogens with one attached hydrogen (secondary N) is 2. The van der Waals surface area contributed by atoms with Crippen molar-refractivity contribution in [1.82, 2.24) is 20.1 Å². The van der Waals surface area contributed by atoms with Crippen molar-refractivity contribution in [3.05, 3.63) is 82.3 Å². The Hall–Kier alpha value is -4.08. The summed E-state index contributed by atoms with van der Waals surface area (Å²) in [6.07, 6.45) is 5.12. The quantitative estimate of drug-likeness (QED) is 0.473. The van der Waals surface area contributed by atoms with Gasteiger partial charge in [0.15, 0.2) is 5.82 Å². The molecule has 0 saturated carbocycles. The number of nitrogens with zero attached hydrogens (tertiary/aromatic N) is 4. The van der Waals surface area contributed by atoms with E-state index < -0.39 is 16.7 Å². The van der Waals surface area contributed by atoms with Crippen LogP contribution < -0.4 is 10.6 Å². The molecular formula is C18H16N6O4. The van der Waals surface area contributed by atoms with Crippen LogP contribution in [0.3, 0.4) is 0 Å². The lowest BCUT2D eigenvalue weighted by atomic mass is 10.2. The summed E-state index contributed by atoms with van der Waals surface area (Å²) in [6.45, 7) is 0.213. The van der Waals surface area contributed by atoms with Gasteiger partial charge >= 0.3 is 0 Å². The molecular weight excluding hydrogens is 364 g/mol. The number of non-ortho nitro benzene ring substituents is 1. The monoisotopic (exact) mass is 380 g/mol. The van der Waals surface area contributed by atoms with Crippen LogP contribution in [0.25, 0.3) is 0 Å². The molecule has 0 aliphatic carbocycles. The summed E-state index contributed by atoms with van der Waals surface area (Å²) in [5, 5.41) is 20.0. The summed E-state index contributed by atoms with van der Waals surface area (Å²) in [4.78, 5) is 38.2. The van der Waals surface area contributed by atoms with Crippen LogP contribution in [0.2, 0.25) is 0 Å². The molecule has 1 aromatic carbocycles. The van der Waals surface area contributed by atoms with E-state index in [4.69, 9.17) is 0 Å². The van der Waals surface area contributed by atoms with Gasteiger partial charge in [0.1, 0.15) is 0 Å². The molecule has 2 heterocycles. The maximum absolute atomic E-state index is 12.0. The molecule has 0 aliphatic rings. The largest absolute Gasteiger partial charge is 0.343 e. The van der Waals surface area contributed by atoms with E-state index in [1.54, 1.807) is 29.3 Å². The average Bonchev–Trinajstić information content (AvgIpc) is 3.13. The van der Waals surface area contributed by atoms with Crippen LogP contribution in [0.1, 0.15) is 15.9 Å². The van der Waals surface area contributed by atoms with Gasteiger partial charge in [-0.25, -0.2) is 0 Å². The lowest BCUT2D eigenvalue weighted by Crippen LogP contribution is -2.33. The maximum Gasteiger partial charge on any atom is 0.270 e. The maximum atomic E-state index is 12.0. The highest BCUT2D eigenvalue weighted by Gasteiger charge is 2.13. The van der Waals surface area contributed by atoms with Crippen LogP contribution in [-0.2, 0) is 11.3 Å². The number of aromatic nitrogens is 3. The third kappa shape index (κ3) is 4.97. The molecule has 0 bridgehead atoms. The van der Waals surface area contributed by atoms with Crippen LogP contribution in [0.4, 0.5) is 11.5 Å². The molecule has 2 N–H and O–H groups in total. The molecule has 2 aromatic heterocycles. The van der Waals surface area contributed by atoms with Crippen molar-refractivity contribution in [3.63, 3.8) is 0 Å². The number of nitro benzene ring substituents is 1. The number of carbonyl (C=O) groups is 2. The lowest BCUT2D eigenvalue weighted by Gasteiger charge is -2.05. The van der Waals surface area contributed by atoms with Crippen LogP contribution in [0.5, 0.6) is 0 Å². The Kier molecular flexibility index (Phi) is 5.70. The number of pyridine rings is 1. The number of hydrogen-bond donors (Lipinski definition) is 2. The Morgan fingerprint density at radius 1 is 1.18 bits per heavy atom. The first-order valence-corrected chi connectivity index (χ1v) is 8.26. The van der Waals surface area contributed by atoms with Crippen molar-refractivity contribution in [3.8, 4) is 0 Å². The second-order valence-electron chi connectivity index (χ2n) is 5.80. The fourth-order valence-corrected chi connectivity index (χ4v) is 2.41. The molecule has 28 heavy (non-hydrogen) atoms. The Bertz CT molecular complexity index is 1000. The van der Waals surface area contributed by atoms with E-state index in [0.717, 1.165) is 11.6 Å². The van der Waals surface area contributed by atoms with E-state index in [0.29, 0.717) is 12.4 Å². The van der Waals surface area contributed by atoms with Crippen molar-refractivity contribution < 1.29 is 14.5 Å². The van der Waals surface area contributed by atoms with Gasteiger partial charge in [0, 0.05) is 42.4 Å². The van der Waals surface area contributed by atoms with Gasteiger partial charge in [0.25, 0.3) is 11.6 Å². The van der Waals surface area contributed by atoms with E-state index in [9.17, 15) is 19.7 Å². The standard InChI is InChI=1S/C18H16N6O4/c25-17(11-20-18(26)14-4-1-5-15(9-14)24(27)28)21-16-6-8-23(22-16)12-13-3-2-7-19-10-13/h1-10H,11-12H2,(H,20,26)(H,21,22,25). The van der Waals surface area contributed by atoms with Crippen LogP contribution in [0.15, 0.2) is 61.1 Å². The molecule has 2 amide bonds. The highest BCUT2D eigenvalue weighted by Crippen LogP contribution is 2.12. The van der Waals surface area contributed by atoms with Crippen LogP contribution >= 0.6 is 0 Å². The molecule has 3 rings (SSSR count). The van der Waals surface area contributed by atoms with Gasteiger partial charge in [0.2, 0.25) is 5.91 Å². The smallest absolute Gasteiger partial charge is 0.270 e. The first-order chi connectivity index (χ1) is 13.5. The Labute approximate surface area is 159 Å². The average molecular weight is 380 g/mol. The summed E-state index contributed by atoms with van der Waals surface area (Å²) in [5.41, 5.74) is 0.867. The normalized spacial score (nSPS) is 10.3. The molecule has 142 valence electrons. The zero-order valence-electron chi connectivity index (χ0n) is 14.6. The molecule has 0 radical (unpaired) electrons. The zero-order valence-corrected chi connectivity index (χ0v) is 14.6. The number of carbonyl (C=O) groups excluding carboxylic acids is 2. The number of hydrogen-bond acceptors (Lipinski definition) is 6. The Morgan fingerprint density at radius 3 is 2.79 bits per heavy atom. The molecule has 0 spiro atoms. The minimum absolute atomic E-state index is 0.0998. The second kappa shape index (κ2) is 8.54. The molecule has 0 unspecified atom stereocenters. The highest BCUT2D eigenvalue weighted by atomic mass is 16.6. The minimum atomic E-state index is -0.592. The van der Waals surface area contributed by atoms with Crippen molar-refractivity contribution in [1.29, 1.82) is 0 Å². The van der Waals surface area contributed by atoms with Gasteiger partial charge < -0.3 is 10.6 Å². The highest BCUT2D eigenvalue weighted by molar-refractivity contribution is 5.99. The fraction of sp³-hybridized carbons (Fsp3) is 0.111. The molecule has 10 nitrogen and oxygen atoms in total. The van der Waals surface area contributed by atoms with E-state index in [-0.39, 0.29) is 17.8 Å². The summed E-state index contributed by atoms with van der Waals surface area (Å²) in [6, 6.07) is 10.6. The summed E-state index contributed by atoms with van der Waals surface area (Å²) < 4.78 is 1.65. The fourth-order valence-electron chi connectivity index (χ4n) is 2.41. The van der Waals surface area contributed by atoms with Crippen molar-refractivity contribution in [2.75, 3.05) is 11.9 Å². The first kappa shape index (κ1) is 18.7. The second-order valence-corrected chi connectivity index (χ2v) is 5.80. The molecule has 0 aliphatic heterocycles. The Morgan fingerprint density at radius 2 is 2.04 bits per heavy atom. The van der Waals surface area contributed by atoms with Gasteiger partial charge in [-0.15, -0.1) is 0 Å². The summed E-state index contributed by atoms with van der Waals surface area (Å²) in [7, 11) is 0. The topological polar surface area (TPSA) is 132 Å². The predicted octanol–water partition coefficient (Wildman–Crippen LogP) is 1.60. The minimum Gasteiger partial charge on any atom is -0.343 e.